The first-order valence-electron chi connectivity index (χ1n) is 4.10. The number of imidazole rings is 1. The zero-order chi connectivity index (χ0) is 8.97. The van der Waals surface area contributed by atoms with Gasteiger partial charge in [-0.15, -0.1) is 0 Å². The number of nitrogens with zero attached hydrogens (tertiary/aromatic N) is 3. The molecule has 64 valence electrons. The van der Waals surface area contributed by atoms with Crippen molar-refractivity contribution in [1.29, 1.82) is 0 Å². The lowest BCUT2D eigenvalue weighted by Crippen LogP contribution is -1.82. The van der Waals surface area contributed by atoms with Crippen molar-refractivity contribution < 1.29 is 0 Å². The molecule has 0 saturated carbocycles. The van der Waals surface area contributed by atoms with Crippen molar-refractivity contribution in [3.05, 3.63) is 24.7 Å². The first kappa shape index (κ1) is 8.71. The van der Waals surface area contributed by atoms with Gasteiger partial charge in [0.2, 0.25) is 0 Å². The molecule has 0 radical (unpaired) electrons. The minimum absolute atomic E-state index is 0.810. The summed E-state index contributed by atoms with van der Waals surface area (Å²) in [5, 5.41) is 0. The molecule has 0 fully saturated rings. The summed E-state index contributed by atoms with van der Waals surface area (Å²) < 4.78 is 1.95. The van der Waals surface area contributed by atoms with Gasteiger partial charge in [-0.05, 0) is 12.1 Å². The highest BCUT2D eigenvalue weighted by molar-refractivity contribution is 5.69. The van der Waals surface area contributed by atoms with E-state index in [1.807, 2.05) is 37.6 Å². The van der Waals surface area contributed by atoms with Gasteiger partial charge in [0.25, 0.3) is 0 Å². The Labute approximate surface area is 72.1 Å². The number of rotatable bonds is 0. The molecule has 2 aromatic heterocycles. The third-order valence-corrected chi connectivity index (χ3v) is 1.50. The Morgan fingerprint density at radius 2 is 2.00 bits per heavy atom. The van der Waals surface area contributed by atoms with Crippen LogP contribution < -0.4 is 0 Å². The highest BCUT2D eigenvalue weighted by Gasteiger charge is 1.95. The van der Waals surface area contributed by atoms with Crippen molar-refractivity contribution in [3.63, 3.8) is 0 Å². The molecule has 0 atom stereocenters. The number of fused-ring (bicyclic) bond motifs is 1. The summed E-state index contributed by atoms with van der Waals surface area (Å²) in [4.78, 5) is 8.14. The Bertz CT molecular complexity index is 351. The van der Waals surface area contributed by atoms with Crippen LogP contribution >= 0.6 is 0 Å². The van der Waals surface area contributed by atoms with Crippen molar-refractivity contribution in [2.45, 2.75) is 13.8 Å². The Morgan fingerprint density at radius 1 is 1.25 bits per heavy atom. The molecule has 0 unspecified atom stereocenters. The molecule has 2 aromatic rings. The number of aryl methyl sites for hydroxylation is 1. The Balaban J connectivity index is 0.000000336. The minimum Gasteiger partial charge on any atom is -0.332 e. The van der Waals surface area contributed by atoms with Gasteiger partial charge in [-0.3, -0.25) is 0 Å². The minimum atomic E-state index is 0.810. The molecule has 0 bridgehead atoms. The highest BCUT2D eigenvalue weighted by Crippen LogP contribution is 2.05. The summed E-state index contributed by atoms with van der Waals surface area (Å²) >= 11 is 0. The van der Waals surface area contributed by atoms with Crippen molar-refractivity contribution in [1.82, 2.24) is 14.5 Å². The van der Waals surface area contributed by atoms with Crippen LogP contribution in [0.4, 0.5) is 0 Å². The second kappa shape index (κ2) is 3.85. The standard InChI is InChI=1S/C7H7N3.C2H6/c1-10-5-9-7-6(10)3-2-4-8-7;1-2/h2-5H,1H3;1-2H3. The van der Waals surface area contributed by atoms with Gasteiger partial charge in [0, 0.05) is 13.2 Å². The lowest BCUT2D eigenvalue weighted by molar-refractivity contribution is 0.947. The largest absolute Gasteiger partial charge is 0.332 e. The van der Waals surface area contributed by atoms with Gasteiger partial charge in [-0.2, -0.15) is 0 Å². The number of pyridine rings is 1. The van der Waals surface area contributed by atoms with Crippen molar-refractivity contribution in [2.24, 2.45) is 7.05 Å². The molecule has 0 N–H and O–H groups in total. The van der Waals surface area contributed by atoms with Crippen molar-refractivity contribution in [2.75, 3.05) is 0 Å². The fraction of sp³-hybridized carbons (Fsp3) is 0.333. The predicted octanol–water partition coefficient (Wildman–Crippen LogP) is 1.99. The molecule has 0 aliphatic rings. The Kier molecular flexibility index (Phi) is 2.80. The Morgan fingerprint density at radius 3 is 2.67 bits per heavy atom. The van der Waals surface area contributed by atoms with E-state index in [1.165, 1.54) is 0 Å². The van der Waals surface area contributed by atoms with Crippen molar-refractivity contribution >= 4 is 11.2 Å². The number of hydrogen-bond donors (Lipinski definition) is 0. The maximum atomic E-state index is 4.07. The summed E-state index contributed by atoms with van der Waals surface area (Å²) in [6.45, 7) is 4.00. The van der Waals surface area contributed by atoms with Crippen LogP contribution in [0.2, 0.25) is 0 Å². The normalized spacial score (nSPS) is 9.25. The summed E-state index contributed by atoms with van der Waals surface area (Å²) in [6.07, 6.45) is 3.51. The molecule has 3 nitrogen and oxygen atoms in total. The van der Waals surface area contributed by atoms with E-state index in [2.05, 4.69) is 9.97 Å². The van der Waals surface area contributed by atoms with E-state index in [9.17, 15) is 0 Å². The maximum absolute atomic E-state index is 4.07. The first-order valence-corrected chi connectivity index (χ1v) is 4.10. The zero-order valence-corrected chi connectivity index (χ0v) is 7.65. The summed E-state index contributed by atoms with van der Waals surface area (Å²) in [5.74, 6) is 0. The molecule has 0 amide bonds. The molecule has 0 aliphatic heterocycles. The van der Waals surface area contributed by atoms with E-state index in [1.54, 1.807) is 12.5 Å². The maximum Gasteiger partial charge on any atom is 0.177 e. The smallest absolute Gasteiger partial charge is 0.177 e. The average molecular weight is 163 g/mol. The van der Waals surface area contributed by atoms with Gasteiger partial charge in [0.15, 0.2) is 5.65 Å². The predicted molar refractivity (Wildman–Crippen MR) is 49.9 cm³/mol. The monoisotopic (exact) mass is 163 g/mol. The average Bonchev–Trinajstić information content (AvgIpc) is 2.53. The second-order valence-electron chi connectivity index (χ2n) is 2.20. The van der Waals surface area contributed by atoms with E-state index in [0.29, 0.717) is 0 Å². The molecule has 3 heteroatoms. The molecule has 0 aliphatic carbocycles. The molecule has 0 saturated heterocycles. The summed E-state index contributed by atoms with van der Waals surface area (Å²) in [6, 6.07) is 3.90. The lowest BCUT2D eigenvalue weighted by atomic mass is 10.4. The van der Waals surface area contributed by atoms with E-state index in [-0.39, 0.29) is 0 Å². The molecule has 0 spiro atoms. The summed E-state index contributed by atoms with van der Waals surface area (Å²) in [7, 11) is 1.96. The van der Waals surface area contributed by atoms with E-state index < -0.39 is 0 Å². The highest BCUT2D eigenvalue weighted by atomic mass is 15.0. The Hall–Kier alpha value is -1.38. The van der Waals surface area contributed by atoms with Crippen LogP contribution in [0.3, 0.4) is 0 Å². The van der Waals surface area contributed by atoms with Crippen molar-refractivity contribution in [3.8, 4) is 0 Å². The van der Waals surface area contributed by atoms with Gasteiger partial charge < -0.3 is 4.57 Å². The third-order valence-electron chi connectivity index (χ3n) is 1.50. The van der Waals surface area contributed by atoms with E-state index in [0.717, 1.165) is 11.2 Å². The lowest BCUT2D eigenvalue weighted by Gasteiger charge is -1.89. The topological polar surface area (TPSA) is 30.7 Å². The van der Waals surface area contributed by atoms with Crippen LogP contribution in [0.5, 0.6) is 0 Å². The SMILES string of the molecule is CC.Cn1cnc2ncccc21. The molecule has 2 rings (SSSR count). The van der Waals surface area contributed by atoms with Crippen LogP contribution in [0, 0.1) is 0 Å². The van der Waals surface area contributed by atoms with Gasteiger partial charge in [-0.25, -0.2) is 9.97 Å². The third kappa shape index (κ3) is 1.44. The fourth-order valence-corrected chi connectivity index (χ4v) is 0.967. The zero-order valence-electron chi connectivity index (χ0n) is 7.65. The van der Waals surface area contributed by atoms with E-state index in [4.69, 9.17) is 0 Å². The van der Waals surface area contributed by atoms with Crippen LogP contribution in [-0.2, 0) is 7.05 Å². The fourth-order valence-electron chi connectivity index (χ4n) is 0.967. The molecular formula is C9H13N3. The van der Waals surface area contributed by atoms with Crippen LogP contribution in [0.25, 0.3) is 11.2 Å². The second-order valence-corrected chi connectivity index (χ2v) is 2.20. The van der Waals surface area contributed by atoms with Crippen LogP contribution in [0.15, 0.2) is 24.7 Å². The van der Waals surface area contributed by atoms with Gasteiger partial charge in [-0.1, -0.05) is 13.8 Å². The quantitative estimate of drug-likeness (QED) is 0.594. The molecule has 2 heterocycles. The van der Waals surface area contributed by atoms with Crippen LogP contribution in [-0.4, -0.2) is 14.5 Å². The molecule has 12 heavy (non-hydrogen) atoms. The van der Waals surface area contributed by atoms with E-state index >= 15 is 0 Å². The van der Waals surface area contributed by atoms with Crippen LogP contribution in [0.1, 0.15) is 13.8 Å². The summed E-state index contributed by atoms with van der Waals surface area (Å²) in [5.41, 5.74) is 1.88. The van der Waals surface area contributed by atoms with Gasteiger partial charge in [0.1, 0.15) is 0 Å². The van der Waals surface area contributed by atoms with Gasteiger partial charge >= 0.3 is 0 Å². The first-order chi connectivity index (χ1) is 5.88. The number of hydrogen-bond acceptors (Lipinski definition) is 2. The number of aromatic nitrogens is 3. The molecular weight excluding hydrogens is 150 g/mol. The van der Waals surface area contributed by atoms with Gasteiger partial charge in [0.05, 0.1) is 11.8 Å². The molecule has 0 aromatic carbocycles.